The third-order valence-electron chi connectivity index (χ3n) is 3.79. The van der Waals surface area contributed by atoms with E-state index in [4.69, 9.17) is 9.52 Å². The molecule has 0 amide bonds. The zero-order valence-electron chi connectivity index (χ0n) is 11.7. The molecule has 0 saturated carbocycles. The molecule has 0 aromatic carbocycles. The standard InChI is InChI=1S/C16H17N3O2/c17-10-13-11-4-1-2-5-12(11)15(14-6-3-9-21-14)19-16(13)18-7-8-20/h3,6,9,20H,1-2,4-5,7-8H2,(H,18,19). The van der Waals surface area contributed by atoms with Crippen LogP contribution in [0, 0.1) is 11.3 Å². The number of nitrogens with one attached hydrogen (secondary N) is 1. The Labute approximate surface area is 123 Å². The van der Waals surface area contributed by atoms with Crippen molar-refractivity contribution in [1.29, 1.82) is 5.26 Å². The molecule has 1 aliphatic carbocycles. The van der Waals surface area contributed by atoms with Crippen LogP contribution in [0.2, 0.25) is 0 Å². The number of pyridine rings is 1. The van der Waals surface area contributed by atoms with Gasteiger partial charge in [0.15, 0.2) is 5.76 Å². The smallest absolute Gasteiger partial charge is 0.152 e. The SMILES string of the molecule is N#Cc1c(NCCO)nc(-c2ccco2)c2c1CCCC2. The average molecular weight is 283 g/mol. The highest BCUT2D eigenvalue weighted by Gasteiger charge is 2.23. The number of nitriles is 1. The molecule has 0 radical (unpaired) electrons. The summed E-state index contributed by atoms with van der Waals surface area (Å²) < 4.78 is 5.50. The van der Waals surface area contributed by atoms with E-state index in [1.807, 2.05) is 12.1 Å². The Kier molecular flexibility index (Phi) is 3.89. The van der Waals surface area contributed by atoms with E-state index < -0.39 is 0 Å². The Morgan fingerprint density at radius 2 is 2.14 bits per heavy atom. The number of aromatic nitrogens is 1. The van der Waals surface area contributed by atoms with Crippen molar-refractivity contribution in [2.75, 3.05) is 18.5 Å². The summed E-state index contributed by atoms with van der Waals surface area (Å²) in [5, 5.41) is 21.5. The Balaban J connectivity index is 2.18. The van der Waals surface area contributed by atoms with E-state index in [9.17, 15) is 5.26 Å². The van der Waals surface area contributed by atoms with Crippen molar-refractivity contribution in [2.45, 2.75) is 25.7 Å². The molecule has 0 bridgehead atoms. The quantitative estimate of drug-likeness (QED) is 0.901. The summed E-state index contributed by atoms with van der Waals surface area (Å²) in [7, 11) is 0. The van der Waals surface area contributed by atoms with Gasteiger partial charge in [-0.25, -0.2) is 4.98 Å². The molecule has 2 aromatic rings. The molecule has 108 valence electrons. The van der Waals surface area contributed by atoms with Gasteiger partial charge in [0, 0.05) is 6.54 Å². The summed E-state index contributed by atoms with van der Waals surface area (Å²) in [4.78, 5) is 4.60. The number of aliphatic hydroxyl groups excluding tert-OH is 1. The first-order valence-corrected chi connectivity index (χ1v) is 7.19. The number of fused-ring (bicyclic) bond motifs is 1. The summed E-state index contributed by atoms with van der Waals surface area (Å²) in [5.41, 5.74) is 3.62. The van der Waals surface area contributed by atoms with E-state index in [1.165, 1.54) is 0 Å². The third-order valence-corrected chi connectivity index (χ3v) is 3.79. The lowest BCUT2D eigenvalue weighted by Gasteiger charge is -2.21. The lowest BCUT2D eigenvalue weighted by Crippen LogP contribution is -2.15. The maximum atomic E-state index is 9.48. The van der Waals surface area contributed by atoms with E-state index in [2.05, 4.69) is 16.4 Å². The second-order valence-corrected chi connectivity index (χ2v) is 5.09. The Bertz CT molecular complexity index is 672. The van der Waals surface area contributed by atoms with Crippen LogP contribution in [0.3, 0.4) is 0 Å². The Hall–Kier alpha value is -2.32. The lowest BCUT2D eigenvalue weighted by molar-refractivity contribution is 0.311. The molecule has 5 nitrogen and oxygen atoms in total. The highest BCUT2D eigenvalue weighted by atomic mass is 16.3. The largest absolute Gasteiger partial charge is 0.463 e. The number of nitrogens with zero attached hydrogens (tertiary/aromatic N) is 2. The van der Waals surface area contributed by atoms with E-state index in [0.29, 0.717) is 17.9 Å². The number of rotatable bonds is 4. The van der Waals surface area contributed by atoms with Gasteiger partial charge in [0.05, 0.1) is 18.4 Å². The monoisotopic (exact) mass is 283 g/mol. The second-order valence-electron chi connectivity index (χ2n) is 5.09. The molecular weight excluding hydrogens is 266 g/mol. The van der Waals surface area contributed by atoms with Crippen molar-refractivity contribution in [1.82, 2.24) is 4.98 Å². The zero-order chi connectivity index (χ0) is 14.7. The van der Waals surface area contributed by atoms with Crippen molar-refractivity contribution in [3.63, 3.8) is 0 Å². The van der Waals surface area contributed by atoms with Gasteiger partial charge in [0.25, 0.3) is 0 Å². The molecule has 2 N–H and O–H groups in total. The minimum absolute atomic E-state index is 0.000279. The first-order chi connectivity index (χ1) is 10.3. The van der Waals surface area contributed by atoms with Gasteiger partial charge in [0.2, 0.25) is 0 Å². The highest BCUT2D eigenvalue weighted by Crippen LogP contribution is 2.35. The number of furan rings is 1. The van der Waals surface area contributed by atoms with Crippen molar-refractivity contribution >= 4 is 5.82 Å². The fourth-order valence-corrected chi connectivity index (χ4v) is 2.86. The van der Waals surface area contributed by atoms with Gasteiger partial charge in [-0.2, -0.15) is 5.26 Å². The minimum Gasteiger partial charge on any atom is -0.463 e. The van der Waals surface area contributed by atoms with E-state index in [-0.39, 0.29) is 6.61 Å². The molecule has 5 heteroatoms. The first kappa shape index (κ1) is 13.7. The van der Waals surface area contributed by atoms with E-state index in [0.717, 1.165) is 48.3 Å². The summed E-state index contributed by atoms with van der Waals surface area (Å²) in [6, 6.07) is 5.99. The van der Waals surface area contributed by atoms with Crippen molar-refractivity contribution < 1.29 is 9.52 Å². The molecular formula is C16H17N3O2. The second kappa shape index (κ2) is 5.98. The van der Waals surface area contributed by atoms with Crippen LogP contribution in [0.15, 0.2) is 22.8 Å². The van der Waals surface area contributed by atoms with Gasteiger partial charge in [-0.1, -0.05) is 0 Å². The molecule has 21 heavy (non-hydrogen) atoms. The highest BCUT2D eigenvalue weighted by molar-refractivity contribution is 5.69. The van der Waals surface area contributed by atoms with E-state index in [1.54, 1.807) is 6.26 Å². The molecule has 3 rings (SSSR count). The summed E-state index contributed by atoms with van der Waals surface area (Å²) in [6.07, 6.45) is 5.64. The minimum atomic E-state index is -0.000279. The van der Waals surface area contributed by atoms with Crippen LogP contribution in [0.4, 0.5) is 5.82 Å². The number of anilines is 1. The number of hydrogen-bond donors (Lipinski definition) is 2. The topological polar surface area (TPSA) is 82.1 Å². The predicted octanol–water partition coefficient (Wildman–Crippen LogP) is 2.50. The zero-order valence-corrected chi connectivity index (χ0v) is 11.7. The van der Waals surface area contributed by atoms with Crippen molar-refractivity contribution in [3.8, 4) is 17.5 Å². The predicted molar refractivity (Wildman–Crippen MR) is 78.9 cm³/mol. The van der Waals surface area contributed by atoms with Gasteiger partial charge in [-0.15, -0.1) is 0 Å². The van der Waals surface area contributed by atoms with Crippen LogP contribution in [0.1, 0.15) is 29.5 Å². The average Bonchev–Trinajstić information content (AvgIpc) is 3.06. The summed E-state index contributed by atoms with van der Waals surface area (Å²) >= 11 is 0. The molecule has 0 spiro atoms. The maximum absolute atomic E-state index is 9.48. The van der Waals surface area contributed by atoms with Crippen LogP contribution < -0.4 is 5.32 Å². The molecule has 1 aliphatic rings. The van der Waals surface area contributed by atoms with Gasteiger partial charge in [0.1, 0.15) is 17.6 Å². The lowest BCUT2D eigenvalue weighted by atomic mass is 9.87. The van der Waals surface area contributed by atoms with Crippen molar-refractivity contribution in [3.05, 3.63) is 35.1 Å². The van der Waals surface area contributed by atoms with Crippen LogP contribution in [-0.2, 0) is 12.8 Å². The van der Waals surface area contributed by atoms with Gasteiger partial charge >= 0.3 is 0 Å². The molecule has 0 atom stereocenters. The van der Waals surface area contributed by atoms with Gasteiger partial charge < -0.3 is 14.8 Å². The van der Waals surface area contributed by atoms with Crippen LogP contribution >= 0.6 is 0 Å². The first-order valence-electron chi connectivity index (χ1n) is 7.19. The van der Waals surface area contributed by atoms with Crippen LogP contribution in [-0.4, -0.2) is 23.2 Å². The Morgan fingerprint density at radius 3 is 2.81 bits per heavy atom. The molecule has 0 fully saturated rings. The molecule has 0 aliphatic heterocycles. The number of hydrogen-bond acceptors (Lipinski definition) is 5. The third kappa shape index (κ3) is 2.50. The van der Waals surface area contributed by atoms with Crippen LogP contribution in [0.25, 0.3) is 11.5 Å². The molecule has 0 saturated heterocycles. The molecule has 2 heterocycles. The van der Waals surface area contributed by atoms with E-state index >= 15 is 0 Å². The Morgan fingerprint density at radius 1 is 1.33 bits per heavy atom. The fraction of sp³-hybridized carbons (Fsp3) is 0.375. The van der Waals surface area contributed by atoms with Crippen molar-refractivity contribution in [2.24, 2.45) is 0 Å². The summed E-state index contributed by atoms with van der Waals surface area (Å²) in [5.74, 6) is 1.27. The summed E-state index contributed by atoms with van der Waals surface area (Å²) in [6.45, 7) is 0.373. The molecule has 2 aromatic heterocycles. The molecule has 0 unspecified atom stereocenters. The van der Waals surface area contributed by atoms with Crippen LogP contribution in [0.5, 0.6) is 0 Å². The van der Waals surface area contributed by atoms with Gasteiger partial charge in [-0.3, -0.25) is 0 Å². The maximum Gasteiger partial charge on any atom is 0.152 e. The fourth-order valence-electron chi connectivity index (χ4n) is 2.86. The van der Waals surface area contributed by atoms with Gasteiger partial charge in [-0.05, 0) is 48.9 Å². The number of aliphatic hydroxyl groups is 1. The normalized spacial score (nSPS) is 13.5.